The number of pyridine rings is 1. The van der Waals surface area contributed by atoms with Crippen molar-refractivity contribution in [3.8, 4) is 0 Å². The van der Waals surface area contributed by atoms with Crippen LogP contribution in [-0.4, -0.2) is 84.0 Å². The summed E-state index contributed by atoms with van der Waals surface area (Å²) in [5, 5.41) is 11.6. The second-order valence-electron chi connectivity index (χ2n) is 8.14. The highest BCUT2D eigenvalue weighted by molar-refractivity contribution is 14.0. The van der Waals surface area contributed by atoms with E-state index in [1.165, 1.54) is 5.56 Å². The maximum Gasteiger partial charge on any atom is 0.191 e. The molecule has 1 atom stereocenters. The summed E-state index contributed by atoms with van der Waals surface area (Å²) in [4.78, 5) is 18.4. The number of aromatic nitrogens is 4. The number of hydrogen-bond donors (Lipinski definition) is 2. The van der Waals surface area contributed by atoms with E-state index < -0.39 is 0 Å². The van der Waals surface area contributed by atoms with E-state index in [4.69, 9.17) is 4.74 Å². The van der Waals surface area contributed by atoms with Gasteiger partial charge in [-0.1, -0.05) is 6.07 Å². The number of nitrogens with zero attached hydrogens (tertiary/aromatic N) is 7. The molecule has 4 rings (SSSR count). The lowest BCUT2D eigenvalue weighted by Gasteiger charge is -2.34. The molecule has 0 spiro atoms. The Morgan fingerprint density at radius 1 is 1.28 bits per heavy atom. The average molecular weight is 555 g/mol. The predicted molar refractivity (Wildman–Crippen MR) is 136 cm³/mol. The van der Waals surface area contributed by atoms with Crippen molar-refractivity contribution in [2.75, 3.05) is 52.3 Å². The lowest BCUT2D eigenvalue weighted by Crippen LogP contribution is -2.47. The summed E-state index contributed by atoms with van der Waals surface area (Å²) in [6.07, 6.45) is 3.76. The van der Waals surface area contributed by atoms with Gasteiger partial charge in [-0.05, 0) is 19.5 Å². The fraction of sp³-hybridized carbons (Fsp3) is 0.619. The largest absolute Gasteiger partial charge is 0.377 e. The van der Waals surface area contributed by atoms with Gasteiger partial charge < -0.3 is 25.2 Å². The molecule has 2 N–H and O–H groups in total. The van der Waals surface area contributed by atoms with Crippen molar-refractivity contribution >= 4 is 35.8 Å². The van der Waals surface area contributed by atoms with Crippen molar-refractivity contribution in [1.82, 2.24) is 35.3 Å². The first-order chi connectivity index (χ1) is 15.2. The van der Waals surface area contributed by atoms with Gasteiger partial charge in [-0.25, -0.2) is 14.6 Å². The van der Waals surface area contributed by atoms with E-state index in [1.807, 2.05) is 16.9 Å². The molecule has 2 aromatic rings. The van der Waals surface area contributed by atoms with Gasteiger partial charge in [0, 0.05) is 71.1 Å². The van der Waals surface area contributed by atoms with Gasteiger partial charge in [-0.2, -0.15) is 5.10 Å². The number of likely N-dealkylation sites (N-methyl/N-ethyl adjacent to an activating group) is 1. The summed E-state index contributed by atoms with van der Waals surface area (Å²) in [5.74, 6) is 3.63. The number of nitrogens with one attached hydrogen (secondary N) is 2. The number of methoxy groups -OCH3 is 1. The molecule has 1 saturated heterocycles. The van der Waals surface area contributed by atoms with Gasteiger partial charge in [0.1, 0.15) is 18.2 Å². The monoisotopic (exact) mass is 555 g/mol. The fourth-order valence-electron chi connectivity index (χ4n) is 4.11. The Morgan fingerprint density at radius 3 is 2.84 bits per heavy atom. The second-order valence-corrected chi connectivity index (χ2v) is 8.14. The number of aliphatic imine (C=N–C) groups is 1. The van der Waals surface area contributed by atoms with Crippen LogP contribution in [0.2, 0.25) is 0 Å². The number of hydrogen-bond acceptors (Lipinski definition) is 7. The smallest absolute Gasteiger partial charge is 0.191 e. The van der Waals surface area contributed by atoms with Crippen molar-refractivity contribution in [2.45, 2.75) is 38.6 Å². The summed E-state index contributed by atoms with van der Waals surface area (Å²) < 4.78 is 7.13. The summed E-state index contributed by atoms with van der Waals surface area (Å²) in [6, 6.07) is 4.39. The zero-order chi connectivity index (χ0) is 21.6. The lowest BCUT2D eigenvalue weighted by atomic mass is 10.1. The van der Waals surface area contributed by atoms with Gasteiger partial charge in [0.05, 0.1) is 6.54 Å². The Labute approximate surface area is 206 Å². The third-order valence-electron chi connectivity index (χ3n) is 5.86. The maximum atomic E-state index is 5.15. The molecule has 0 saturated carbocycles. The normalized spacial score (nSPS) is 19.3. The second kappa shape index (κ2) is 11.8. The molecule has 10 nitrogen and oxygen atoms in total. The number of fused-ring (bicyclic) bond motifs is 1. The average Bonchev–Trinajstić information content (AvgIpc) is 3.19. The van der Waals surface area contributed by atoms with Crippen LogP contribution in [0.3, 0.4) is 0 Å². The quantitative estimate of drug-likeness (QED) is 0.308. The van der Waals surface area contributed by atoms with Crippen LogP contribution < -0.4 is 15.5 Å². The van der Waals surface area contributed by atoms with Crippen molar-refractivity contribution in [2.24, 2.45) is 4.99 Å². The van der Waals surface area contributed by atoms with Crippen LogP contribution in [0.25, 0.3) is 0 Å². The first-order valence-electron chi connectivity index (χ1n) is 10.9. The van der Waals surface area contributed by atoms with Crippen molar-refractivity contribution in [3.05, 3.63) is 35.5 Å². The zero-order valence-electron chi connectivity index (χ0n) is 19.1. The Morgan fingerprint density at radius 2 is 2.09 bits per heavy atom. The van der Waals surface area contributed by atoms with Crippen molar-refractivity contribution in [1.29, 1.82) is 0 Å². The Balaban J connectivity index is 0.00000289. The fourth-order valence-corrected chi connectivity index (χ4v) is 4.11. The highest BCUT2D eigenvalue weighted by Crippen LogP contribution is 2.19. The van der Waals surface area contributed by atoms with Crippen LogP contribution in [0.1, 0.15) is 23.6 Å². The lowest BCUT2D eigenvalue weighted by molar-refractivity contribution is 0.177. The molecule has 1 fully saturated rings. The van der Waals surface area contributed by atoms with Crippen LogP contribution in [0, 0.1) is 0 Å². The van der Waals surface area contributed by atoms with E-state index in [0.29, 0.717) is 13.2 Å². The zero-order valence-corrected chi connectivity index (χ0v) is 21.5. The maximum absolute atomic E-state index is 5.15. The van der Waals surface area contributed by atoms with Gasteiger partial charge in [-0.15, -0.1) is 24.0 Å². The molecule has 0 amide bonds. The third kappa shape index (κ3) is 6.07. The van der Waals surface area contributed by atoms with Crippen molar-refractivity contribution in [3.63, 3.8) is 0 Å². The van der Waals surface area contributed by atoms with Gasteiger partial charge in [0.2, 0.25) is 0 Å². The van der Waals surface area contributed by atoms with Gasteiger partial charge in [-0.3, -0.25) is 4.99 Å². The summed E-state index contributed by atoms with van der Waals surface area (Å²) >= 11 is 0. The molecule has 2 aromatic heterocycles. The number of anilines is 1. The van der Waals surface area contributed by atoms with Crippen LogP contribution in [0.5, 0.6) is 0 Å². The summed E-state index contributed by atoms with van der Waals surface area (Å²) in [5.41, 5.74) is 1.18. The Hall–Kier alpha value is -1.99. The number of aryl methyl sites for hydroxylation is 1. The van der Waals surface area contributed by atoms with E-state index in [2.05, 4.69) is 53.6 Å². The highest BCUT2D eigenvalue weighted by Gasteiger charge is 2.23. The van der Waals surface area contributed by atoms with Crippen LogP contribution in [0.4, 0.5) is 5.82 Å². The molecular formula is C21H34IN9O. The van der Waals surface area contributed by atoms with Gasteiger partial charge in [0.15, 0.2) is 11.8 Å². The summed E-state index contributed by atoms with van der Waals surface area (Å²) in [7, 11) is 5.64. The van der Waals surface area contributed by atoms with Gasteiger partial charge in [0.25, 0.3) is 0 Å². The number of ether oxygens (including phenoxy) is 1. The first kappa shape index (κ1) is 24.6. The molecule has 32 heavy (non-hydrogen) atoms. The molecule has 2 aliphatic heterocycles. The molecule has 2 aliphatic rings. The Kier molecular flexibility index (Phi) is 9.05. The number of halogens is 1. The third-order valence-corrected chi connectivity index (χ3v) is 5.86. The minimum Gasteiger partial charge on any atom is -0.377 e. The SMILES string of the molecule is CN=C(NCc1cccnc1N1CCN(C)CC1)NC1CCc2nc(COC)nn2C1.I. The number of guanidine groups is 1. The summed E-state index contributed by atoms with van der Waals surface area (Å²) in [6.45, 7) is 6.01. The molecule has 11 heteroatoms. The minimum absolute atomic E-state index is 0. The van der Waals surface area contributed by atoms with E-state index in [-0.39, 0.29) is 30.0 Å². The molecule has 0 radical (unpaired) electrons. The van der Waals surface area contributed by atoms with Crippen LogP contribution >= 0.6 is 24.0 Å². The Bertz CT molecular complexity index is 895. The standard InChI is InChI=1S/C21H33N9O.HI/c1-22-21(25-17-6-7-19-26-18(15-31-3)27-30(19)14-17)24-13-16-5-4-8-23-20(16)29-11-9-28(2)10-12-29;/h4-5,8,17H,6-7,9-15H2,1-3H3,(H2,22,24,25);1H. The van der Waals surface area contributed by atoms with E-state index >= 15 is 0 Å². The molecule has 176 valence electrons. The molecule has 0 aliphatic carbocycles. The minimum atomic E-state index is 0. The molecule has 0 bridgehead atoms. The first-order valence-corrected chi connectivity index (χ1v) is 10.9. The van der Waals surface area contributed by atoms with Gasteiger partial charge >= 0.3 is 0 Å². The van der Waals surface area contributed by atoms with E-state index in [1.54, 1.807) is 14.2 Å². The highest BCUT2D eigenvalue weighted by atomic mass is 127. The molecule has 0 aromatic carbocycles. The number of rotatable bonds is 6. The number of piperazine rings is 1. The molecule has 4 heterocycles. The van der Waals surface area contributed by atoms with E-state index in [9.17, 15) is 0 Å². The molecule has 1 unspecified atom stereocenters. The predicted octanol–water partition coefficient (Wildman–Crippen LogP) is 0.869. The van der Waals surface area contributed by atoms with E-state index in [0.717, 1.165) is 69.0 Å². The topological polar surface area (TPSA) is 95.7 Å². The molecular weight excluding hydrogens is 521 g/mol. The van der Waals surface area contributed by atoms with Crippen LogP contribution in [-0.2, 0) is 30.9 Å². The van der Waals surface area contributed by atoms with Crippen LogP contribution in [0.15, 0.2) is 23.3 Å². The van der Waals surface area contributed by atoms with Crippen molar-refractivity contribution < 1.29 is 4.74 Å².